The van der Waals surface area contributed by atoms with Crippen LogP contribution in [0.3, 0.4) is 0 Å². The van der Waals surface area contributed by atoms with E-state index in [4.69, 9.17) is 5.69 Å². The monoisotopic (exact) mass is 255 g/mol. The predicted octanol–water partition coefficient (Wildman–Crippen LogP) is 4.58. The Balaban J connectivity index is 2.75. The highest BCUT2D eigenvalue weighted by Gasteiger charge is 2.45. The fraction of sp³-hybridized carbons (Fsp3) is 0.933. The highest BCUT2D eigenvalue weighted by atomic mass is 32.1. The summed E-state index contributed by atoms with van der Waals surface area (Å²) in [5.41, 5.74) is 6.43. The van der Waals surface area contributed by atoms with Gasteiger partial charge >= 0.3 is 0 Å². The lowest BCUT2D eigenvalue weighted by atomic mass is 9.75. The molecule has 1 rings (SSSR count). The molecule has 0 aromatic rings. The van der Waals surface area contributed by atoms with Gasteiger partial charge in [0.25, 0.3) is 0 Å². The molecule has 0 amide bonds. The minimum Gasteiger partial charge on any atom is -0.292 e. The first-order valence-electron chi connectivity index (χ1n) is 6.93. The van der Waals surface area contributed by atoms with E-state index in [1.807, 2.05) is 0 Å². The number of nitrogens with zero attached hydrogens (tertiary/aromatic N) is 1. The van der Waals surface area contributed by atoms with Crippen molar-refractivity contribution < 1.29 is 0 Å². The average molecular weight is 255 g/mol. The van der Waals surface area contributed by atoms with Crippen LogP contribution in [0.2, 0.25) is 0 Å². The van der Waals surface area contributed by atoms with Crippen LogP contribution in [0.5, 0.6) is 0 Å². The Morgan fingerprint density at radius 2 is 1.88 bits per heavy atom. The van der Waals surface area contributed by atoms with Crippen molar-refractivity contribution in [1.82, 2.24) is 4.90 Å². The molecule has 0 aromatic carbocycles. The SMILES string of the molecule is C#SC(C)(CC(C)(CCCC)C1CC1)N(C)C. The molecule has 0 radical (unpaired) electrons. The molecule has 0 aromatic heterocycles. The third-order valence-corrected chi connectivity index (χ3v) is 5.61. The van der Waals surface area contributed by atoms with E-state index in [0.29, 0.717) is 5.41 Å². The van der Waals surface area contributed by atoms with Crippen LogP contribution in [0.1, 0.15) is 59.3 Å². The van der Waals surface area contributed by atoms with Crippen molar-refractivity contribution in [3.05, 3.63) is 0 Å². The topological polar surface area (TPSA) is 3.24 Å². The van der Waals surface area contributed by atoms with E-state index in [9.17, 15) is 0 Å². The van der Waals surface area contributed by atoms with E-state index in [-0.39, 0.29) is 4.87 Å². The maximum absolute atomic E-state index is 5.94. The molecule has 2 heteroatoms. The molecule has 0 heterocycles. The third kappa shape index (κ3) is 3.71. The molecular formula is C15H29NS. The minimum atomic E-state index is 0.0745. The van der Waals surface area contributed by atoms with Crippen molar-refractivity contribution in [3.8, 4) is 5.69 Å². The molecular weight excluding hydrogens is 226 g/mol. The van der Waals surface area contributed by atoms with E-state index in [0.717, 1.165) is 5.92 Å². The zero-order valence-electron chi connectivity index (χ0n) is 12.3. The summed E-state index contributed by atoms with van der Waals surface area (Å²) in [5.74, 6) is 0.945. The maximum Gasteiger partial charge on any atom is 0.0883 e. The van der Waals surface area contributed by atoms with Gasteiger partial charge in [0.15, 0.2) is 0 Å². The summed E-state index contributed by atoms with van der Waals surface area (Å²) in [6.07, 6.45) is 8.08. The van der Waals surface area contributed by atoms with Crippen LogP contribution in [0.25, 0.3) is 0 Å². The van der Waals surface area contributed by atoms with Crippen LogP contribution < -0.4 is 0 Å². The Hall–Kier alpha value is -0.0400. The number of hydrogen-bond acceptors (Lipinski definition) is 1. The van der Waals surface area contributed by atoms with Crippen LogP contribution >= 0.6 is 11.2 Å². The third-order valence-electron chi connectivity index (χ3n) is 4.60. The molecule has 0 spiro atoms. The fourth-order valence-corrected chi connectivity index (χ4v) is 3.48. The summed E-state index contributed by atoms with van der Waals surface area (Å²) in [6.45, 7) is 7.05. The van der Waals surface area contributed by atoms with Crippen molar-refractivity contribution in [2.75, 3.05) is 14.1 Å². The Morgan fingerprint density at radius 3 is 2.24 bits per heavy atom. The van der Waals surface area contributed by atoms with E-state index in [2.05, 4.69) is 39.8 Å². The van der Waals surface area contributed by atoms with Gasteiger partial charge in [-0.2, -0.15) is 0 Å². The first kappa shape index (κ1) is 15.0. The second kappa shape index (κ2) is 5.73. The van der Waals surface area contributed by atoms with Crippen LogP contribution in [-0.4, -0.2) is 23.9 Å². The standard InChI is InChI=1S/C15H29NS/c1-7-8-11-14(2,13-9-10-13)12-15(3,17-6)16(4)5/h6,13H,7-12H2,1-5H3. The van der Waals surface area contributed by atoms with Gasteiger partial charge in [0.05, 0.1) is 4.87 Å². The van der Waals surface area contributed by atoms with Gasteiger partial charge in [0.2, 0.25) is 0 Å². The molecule has 100 valence electrons. The fourth-order valence-electron chi connectivity index (χ4n) is 2.85. The Morgan fingerprint density at radius 1 is 1.29 bits per heavy atom. The lowest BCUT2D eigenvalue weighted by molar-refractivity contribution is 0.136. The van der Waals surface area contributed by atoms with Gasteiger partial charge < -0.3 is 0 Å². The largest absolute Gasteiger partial charge is 0.292 e. The molecule has 0 N–H and O–H groups in total. The second-order valence-electron chi connectivity index (χ2n) is 6.40. The van der Waals surface area contributed by atoms with Crippen molar-refractivity contribution in [3.63, 3.8) is 0 Å². The smallest absolute Gasteiger partial charge is 0.0883 e. The van der Waals surface area contributed by atoms with Gasteiger partial charge in [0, 0.05) is 0 Å². The van der Waals surface area contributed by atoms with Crippen LogP contribution in [0.15, 0.2) is 0 Å². The molecule has 17 heavy (non-hydrogen) atoms. The van der Waals surface area contributed by atoms with Gasteiger partial charge in [-0.3, -0.25) is 4.90 Å². The molecule has 1 saturated carbocycles. The molecule has 1 aliphatic carbocycles. The van der Waals surface area contributed by atoms with Crippen molar-refractivity contribution in [2.24, 2.45) is 11.3 Å². The van der Waals surface area contributed by atoms with Crippen molar-refractivity contribution in [1.29, 1.82) is 0 Å². The zero-order valence-corrected chi connectivity index (χ0v) is 13.1. The second-order valence-corrected chi connectivity index (χ2v) is 7.51. The van der Waals surface area contributed by atoms with Crippen LogP contribution in [0.4, 0.5) is 0 Å². The van der Waals surface area contributed by atoms with Gasteiger partial charge in [-0.25, -0.2) is 0 Å². The molecule has 2 atom stereocenters. The quantitative estimate of drug-likeness (QED) is 0.602. The van der Waals surface area contributed by atoms with Gasteiger partial charge in [0.1, 0.15) is 0 Å². The van der Waals surface area contributed by atoms with Crippen LogP contribution in [-0.2, 0) is 0 Å². The normalized spacial score (nSPS) is 23.1. The van der Waals surface area contributed by atoms with Crippen LogP contribution in [0, 0.1) is 17.0 Å². The highest BCUT2D eigenvalue weighted by molar-refractivity contribution is 7.89. The summed E-state index contributed by atoms with van der Waals surface area (Å²) in [4.78, 5) is 2.36. The van der Waals surface area contributed by atoms with E-state index in [1.165, 1.54) is 49.7 Å². The molecule has 1 nitrogen and oxygen atoms in total. The van der Waals surface area contributed by atoms with Crippen molar-refractivity contribution >= 4 is 11.2 Å². The molecule has 0 aliphatic heterocycles. The summed E-state index contributed by atoms with van der Waals surface area (Å²) in [6, 6.07) is 0. The van der Waals surface area contributed by atoms with E-state index < -0.39 is 0 Å². The summed E-state index contributed by atoms with van der Waals surface area (Å²) in [7, 11) is 4.29. The molecule has 1 fully saturated rings. The average Bonchev–Trinajstić information content (AvgIpc) is 3.10. The number of hydrogen-bond donors (Lipinski definition) is 0. The number of rotatable bonds is 7. The van der Waals surface area contributed by atoms with E-state index in [1.54, 1.807) is 0 Å². The lowest BCUT2D eigenvalue weighted by Crippen LogP contribution is -2.41. The Labute approximate surface area is 112 Å². The molecule has 0 bridgehead atoms. The summed E-state index contributed by atoms with van der Waals surface area (Å²) in [5, 5.41) is 0. The van der Waals surface area contributed by atoms with Gasteiger partial charge in [-0.15, -0.1) is 16.9 Å². The minimum absolute atomic E-state index is 0.0745. The van der Waals surface area contributed by atoms with Gasteiger partial charge in [-0.1, -0.05) is 26.7 Å². The zero-order chi connectivity index (χ0) is 13.1. The summed E-state index contributed by atoms with van der Waals surface area (Å²) >= 11 is 1.51. The summed E-state index contributed by atoms with van der Waals surface area (Å²) < 4.78 is 0. The number of unbranched alkanes of at least 4 members (excludes halogenated alkanes) is 1. The maximum atomic E-state index is 5.94. The highest BCUT2D eigenvalue weighted by Crippen LogP contribution is 2.53. The first-order valence-corrected chi connectivity index (χ1v) is 7.81. The lowest BCUT2D eigenvalue weighted by Gasteiger charge is -2.41. The van der Waals surface area contributed by atoms with Gasteiger partial charge in [-0.05, 0) is 58.0 Å². The molecule has 2 unspecified atom stereocenters. The first-order chi connectivity index (χ1) is 7.88. The molecule has 0 saturated heterocycles. The van der Waals surface area contributed by atoms with E-state index >= 15 is 0 Å². The van der Waals surface area contributed by atoms with Crippen molar-refractivity contribution in [2.45, 2.75) is 64.2 Å². The predicted molar refractivity (Wildman–Crippen MR) is 79.6 cm³/mol. The Bertz CT molecular complexity index is 290. The Kier molecular flexibility index (Phi) is 5.07. The molecule has 1 aliphatic rings.